The molecule has 0 fully saturated rings. The zero-order chi connectivity index (χ0) is 18.5. The monoisotopic (exact) mass is 350 g/mol. The van der Waals surface area contributed by atoms with Crippen molar-refractivity contribution in [1.82, 2.24) is 5.43 Å². The van der Waals surface area contributed by atoms with Crippen LogP contribution in [0.5, 0.6) is 17.2 Å². The molecule has 3 aromatic carbocycles. The summed E-state index contributed by atoms with van der Waals surface area (Å²) >= 11 is 0. The second-order valence-electron chi connectivity index (χ2n) is 5.66. The van der Waals surface area contributed by atoms with Gasteiger partial charge in [-0.15, -0.1) is 0 Å². The molecule has 26 heavy (non-hydrogen) atoms. The average Bonchev–Trinajstić information content (AvgIpc) is 2.70. The molecule has 0 radical (unpaired) electrons. The SMILES string of the molecule is CN/N=C(/c1cc(OC)c(OC)c(OC)c1)c1ccc2ccccc2c1. The van der Waals surface area contributed by atoms with Crippen LogP contribution in [0.25, 0.3) is 10.8 Å². The van der Waals surface area contributed by atoms with Crippen LogP contribution in [0.2, 0.25) is 0 Å². The van der Waals surface area contributed by atoms with E-state index in [1.807, 2.05) is 24.3 Å². The molecule has 0 atom stereocenters. The molecule has 0 aliphatic rings. The molecule has 0 aromatic heterocycles. The van der Waals surface area contributed by atoms with Crippen molar-refractivity contribution in [3.05, 3.63) is 65.7 Å². The number of rotatable bonds is 6. The van der Waals surface area contributed by atoms with Gasteiger partial charge >= 0.3 is 0 Å². The summed E-state index contributed by atoms with van der Waals surface area (Å²) in [6, 6.07) is 18.3. The number of hydrogen-bond donors (Lipinski definition) is 1. The van der Waals surface area contributed by atoms with E-state index in [9.17, 15) is 0 Å². The minimum Gasteiger partial charge on any atom is -0.493 e. The van der Waals surface area contributed by atoms with Crippen LogP contribution in [0.3, 0.4) is 0 Å². The van der Waals surface area contributed by atoms with Gasteiger partial charge in [-0.05, 0) is 29.0 Å². The van der Waals surface area contributed by atoms with Crippen LogP contribution >= 0.6 is 0 Å². The van der Waals surface area contributed by atoms with Gasteiger partial charge in [-0.25, -0.2) is 0 Å². The van der Waals surface area contributed by atoms with Crippen molar-refractivity contribution in [2.24, 2.45) is 5.10 Å². The number of ether oxygens (including phenoxy) is 3. The third kappa shape index (κ3) is 3.28. The highest BCUT2D eigenvalue weighted by molar-refractivity contribution is 6.14. The van der Waals surface area contributed by atoms with Crippen LogP contribution in [0.4, 0.5) is 0 Å². The average molecular weight is 350 g/mol. The molecule has 0 saturated carbocycles. The van der Waals surface area contributed by atoms with Crippen molar-refractivity contribution in [1.29, 1.82) is 0 Å². The summed E-state index contributed by atoms with van der Waals surface area (Å²) in [6.07, 6.45) is 0. The minimum absolute atomic E-state index is 0.557. The molecule has 134 valence electrons. The maximum Gasteiger partial charge on any atom is 0.203 e. The van der Waals surface area contributed by atoms with Gasteiger partial charge in [0, 0.05) is 18.2 Å². The second-order valence-corrected chi connectivity index (χ2v) is 5.66. The summed E-state index contributed by atoms with van der Waals surface area (Å²) in [7, 11) is 6.57. The second kappa shape index (κ2) is 7.78. The Balaban J connectivity index is 2.17. The Morgan fingerprint density at radius 3 is 2.00 bits per heavy atom. The van der Waals surface area contributed by atoms with Gasteiger partial charge in [-0.3, -0.25) is 0 Å². The van der Waals surface area contributed by atoms with E-state index in [1.54, 1.807) is 28.4 Å². The first-order valence-electron chi connectivity index (χ1n) is 8.25. The zero-order valence-corrected chi connectivity index (χ0v) is 15.4. The van der Waals surface area contributed by atoms with Gasteiger partial charge in [0.15, 0.2) is 11.5 Å². The molecular weight excluding hydrogens is 328 g/mol. The lowest BCUT2D eigenvalue weighted by Crippen LogP contribution is -2.10. The van der Waals surface area contributed by atoms with Gasteiger partial charge in [0.05, 0.1) is 27.0 Å². The normalized spacial score (nSPS) is 11.3. The third-order valence-corrected chi connectivity index (χ3v) is 4.18. The molecule has 1 N–H and O–H groups in total. The molecule has 0 bridgehead atoms. The van der Waals surface area contributed by atoms with Crippen LogP contribution in [0.1, 0.15) is 11.1 Å². The number of benzene rings is 3. The van der Waals surface area contributed by atoms with Gasteiger partial charge in [-0.2, -0.15) is 5.10 Å². The van der Waals surface area contributed by atoms with Gasteiger partial charge in [0.1, 0.15) is 0 Å². The molecule has 0 aliphatic carbocycles. The van der Waals surface area contributed by atoms with Gasteiger partial charge in [-0.1, -0.05) is 36.4 Å². The lowest BCUT2D eigenvalue weighted by Gasteiger charge is -2.15. The van der Waals surface area contributed by atoms with E-state index in [0.717, 1.165) is 22.2 Å². The Morgan fingerprint density at radius 1 is 0.769 bits per heavy atom. The highest BCUT2D eigenvalue weighted by Gasteiger charge is 2.17. The number of hydrazone groups is 1. The Labute approximate surface area is 153 Å². The first-order chi connectivity index (χ1) is 12.7. The van der Waals surface area contributed by atoms with E-state index >= 15 is 0 Å². The topological polar surface area (TPSA) is 52.1 Å². The summed E-state index contributed by atoms with van der Waals surface area (Å²) in [4.78, 5) is 0. The van der Waals surface area contributed by atoms with E-state index in [1.165, 1.54) is 5.39 Å². The fraction of sp³-hybridized carbons (Fsp3) is 0.190. The summed E-state index contributed by atoms with van der Waals surface area (Å²) in [5.74, 6) is 1.74. The quantitative estimate of drug-likeness (QED) is 0.542. The smallest absolute Gasteiger partial charge is 0.203 e. The molecular formula is C21H22N2O3. The van der Waals surface area contributed by atoms with E-state index in [2.05, 4.69) is 40.9 Å². The van der Waals surface area contributed by atoms with E-state index in [-0.39, 0.29) is 0 Å². The minimum atomic E-state index is 0.557. The van der Waals surface area contributed by atoms with Crippen LogP contribution in [-0.4, -0.2) is 34.1 Å². The van der Waals surface area contributed by atoms with Crippen molar-refractivity contribution in [2.75, 3.05) is 28.4 Å². The maximum atomic E-state index is 5.47. The zero-order valence-electron chi connectivity index (χ0n) is 15.4. The Bertz CT molecular complexity index is 926. The Hall–Kier alpha value is -3.21. The predicted molar refractivity (Wildman–Crippen MR) is 105 cm³/mol. The molecule has 3 aromatic rings. The van der Waals surface area contributed by atoms with Gasteiger partial charge in [0.25, 0.3) is 0 Å². The van der Waals surface area contributed by atoms with E-state index in [0.29, 0.717) is 17.2 Å². The number of nitrogens with one attached hydrogen (secondary N) is 1. The van der Waals surface area contributed by atoms with Crippen LogP contribution in [0.15, 0.2) is 59.7 Å². The molecule has 0 saturated heterocycles. The van der Waals surface area contributed by atoms with Crippen molar-refractivity contribution in [3.63, 3.8) is 0 Å². The number of methoxy groups -OCH3 is 3. The van der Waals surface area contributed by atoms with Crippen LogP contribution in [-0.2, 0) is 0 Å². The van der Waals surface area contributed by atoms with Crippen molar-refractivity contribution < 1.29 is 14.2 Å². The lowest BCUT2D eigenvalue weighted by molar-refractivity contribution is 0.324. The molecule has 0 spiro atoms. The molecule has 0 heterocycles. The first kappa shape index (κ1) is 17.6. The van der Waals surface area contributed by atoms with Crippen molar-refractivity contribution in [2.45, 2.75) is 0 Å². The number of fused-ring (bicyclic) bond motifs is 1. The maximum absolute atomic E-state index is 5.47. The summed E-state index contributed by atoms with van der Waals surface area (Å²) in [6.45, 7) is 0. The molecule has 5 heteroatoms. The fourth-order valence-corrected chi connectivity index (χ4v) is 2.96. The predicted octanol–water partition coefficient (Wildman–Crippen LogP) is 3.84. The molecule has 5 nitrogen and oxygen atoms in total. The van der Waals surface area contributed by atoms with Gasteiger partial charge < -0.3 is 19.6 Å². The molecule has 3 rings (SSSR count). The summed E-state index contributed by atoms with van der Waals surface area (Å²) in [5.41, 5.74) is 5.54. The lowest BCUT2D eigenvalue weighted by atomic mass is 9.98. The first-order valence-corrected chi connectivity index (χ1v) is 8.25. The summed E-state index contributed by atoms with van der Waals surface area (Å²) < 4.78 is 16.4. The molecule has 0 aliphatic heterocycles. The Morgan fingerprint density at radius 2 is 1.42 bits per heavy atom. The standard InChI is InChI=1S/C21H22N2O3/c1-22-23-20(16-10-9-14-7-5-6-8-15(14)11-16)17-12-18(24-2)21(26-4)19(13-17)25-3/h5-13,22H,1-4H3/b23-20+. The number of hydrogen-bond acceptors (Lipinski definition) is 5. The van der Waals surface area contributed by atoms with Gasteiger partial charge in [0.2, 0.25) is 5.75 Å². The highest BCUT2D eigenvalue weighted by Crippen LogP contribution is 2.38. The summed E-state index contributed by atoms with van der Waals surface area (Å²) in [5, 5.41) is 6.83. The largest absolute Gasteiger partial charge is 0.493 e. The molecule has 0 amide bonds. The van der Waals surface area contributed by atoms with Crippen LogP contribution < -0.4 is 19.6 Å². The van der Waals surface area contributed by atoms with E-state index < -0.39 is 0 Å². The van der Waals surface area contributed by atoms with Crippen molar-refractivity contribution >= 4 is 16.5 Å². The van der Waals surface area contributed by atoms with E-state index in [4.69, 9.17) is 14.2 Å². The Kier molecular flexibility index (Phi) is 5.27. The van der Waals surface area contributed by atoms with Crippen molar-refractivity contribution in [3.8, 4) is 17.2 Å². The number of nitrogens with zero attached hydrogens (tertiary/aromatic N) is 1. The molecule has 0 unspecified atom stereocenters. The fourth-order valence-electron chi connectivity index (χ4n) is 2.96. The van der Waals surface area contributed by atoms with Crippen LogP contribution in [0, 0.1) is 0 Å². The highest BCUT2D eigenvalue weighted by atomic mass is 16.5. The third-order valence-electron chi connectivity index (χ3n) is 4.18.